The zero-order chi connectivity index (χ0) is 26.4. The van der Waals surface area contributed by atoms with Crippen molar-refractivity contribution >= 4 is 17.5 Å². The van der Waals surface area contributed by atoms with Crippen LogP contribution in [0.1, 0.15) is 42.9 Å². The number of hydrogen-bond donors (Lipinski definition) is 0. The Kier molecular flexibility index (Phi) is 8.66. The van der Waals surface area contributed by atoms with E-state index in [-0.39, 0.29) is 30.3 Å². The van der Waals surface area contributed by atoms with Gasteiger partial charge in [-0.15, -0.1) is 0 Å². The van der Waals surface area contributed by atoms with Crippen molar-refractivity contribution in [3.8, 4) is 17.2 Å². The minimum Gasteiger partial charge on any atom is -0.497 e. The smallest absolute Gasteiger partial charge is 0.262 e. The van der Waals surface area contributed by atoms with Crippen LogP contribution in [0.4, 0.5) is 0 Å². The molecule has 9 nitrogen and oxygen atoms in total. The van der Waals surface area contributed by atoms with Crippen molar-refractivity contribution in [3.63, 3.8) is 0 Å². The molecule has 2 amide bonds. The molecule has 0 saturated heterocycles. The van der Waals surface area contributed by atoms with Crippen molar-refractivity contribution < 1.29 is 28.5 Å². The Hall–Kier alpha value is -3.59. The first-order chi connectivity index (χ1) is 18.0. The van der Waals surface area contributed by atoms with E-state index in [4.69, 9.17) is 24.0 Å². The van der Waals surface area contributed by atoms with E-state index in [1.165, 1.54) is 5.01 Å². The molecule has 2 aromatic carbocycles. The highest BCUT2D eigenvalue weighted by atomic mass is 16.5. The number of hydrogen-bond acceptors (Lipinski definition) is 7. The van der Waals surface area contributed by atoms with E-state index in [1.54, 1.807) is 39.4 Å². The zero-order valence-electron chi connectivity index (χ0n) is 21.9. The van der Waals surface area contributed by atoms with E-state index in [2.05, 4.69) is 0 Å². The summed E-state index contributed by atoms with van der Waals surface area (Å²) in [5.74, 6) is 1.77. The minimum absolute atomic E-state index is 0.0109. The molecule has 1 aliphatic heterocycles. The molecule has 1 heterocycles. The van der Waals surface area contributed by atoms with E-state index in [9.17, 15) is 9.59 Å². The second-order valence-corrected chi connectivity index (χ2v) is 9.22. The second-order valence-electron chi connectivity index (χ2n) is 9.22. The molecular weight excluding hydrogens is 474 g/mol. The van der Waals surface area contributed by atoms with Crippen LogP contribution in [0.25, 0.3) is 0 Å². The van der Waals surface area contributed by atoms with Gasteiger partial charge in [-0.25, -0.2) is 5.01 Å². The number of benzene rings is 2. The average molecular weight is 510 g/mol. The lowest BCUT2D eigenvalue weighted by Gasteiger charge is -2.32. The molecular formula is C28H35N3O6. The Morgan fingerprint density at radius 1 is 0.973 bits per heavy atom. The molecule has 0 aromatic heterocycles. The van der Waals surface area contributed by atoms with E-state index in [0.29, 0.717) is 31.1 Å². The van der Waals surface area contributed by atoms with Crippen molar-refractivity contribution in [1.82, 2.24) is 9.91 Å². The summed E-state index contributed by atoms with van der Waals surface area (Å²) in [7, 11) is 6.40. The summed E-state index contributed by atoms with van der Waals surface area (Å²) in [6, 6.07) is 12.8. The normalized spacial score (nSPS) is 17.1. The van der Waals surface area contributed by atoms with Gasteiger partial charge in [0.25, 0.3) is 5.91 Å². The first-order valence-electron chi connectivity index (χ1n) is 12.5. The summed E-state index contributed by atoms with van der Waals surface area (Å²) >= 11 is 0. The monoisotopic (exact) mass is 509 g/mol. The summed E-state index contributed by atoms with van der Waals surface area (Å²) < 4.78 is 21.5. The number of amides is 2. The van der Waals surface area contributed by atoms with Gasteiger partial charge in [0.2, 0.25) is 5.91 Å². The molecule has 2 aliphatic rings. The summed E-state index contributed by atoms with van der Waals surface area (Å²) in [4.78, 5) is 28.4. The van der Waals surface area contributed by atoms with Gasteiger partial charge in [-0.05, 0) is 42.7 Å². The highest BCUT2D eigenvalue weighted by Gasteiger charge is 2.37. The van der Waals surface area contributed by atoms with Crippen molar-refractivity contribution in [2.45, 2.75) is 31.7 Å². The average Bonchev–Trinajstić information content (AvgIpc) is 3.35. The Labute approximate surface area is 217 Å². The molecule has 37 heavy (non-hydrogen) atoms. The third kappa shape index (κ3) is 5.88. The van der Waals surface area contributed by atoms with Gasteiger partial charge >= 0.3 is 0 Å². The van der Waals surface area contributed by atoms with Gasteiger partial charge in [-0.3, -0.25) is 9.59 Å². The highest BCUT2D eigenvalue weighted by molar-refractivity contribution is 6.05. The molecule has 0 spiro atoms. The number of ether oxygens (including phenoxy) is 4. The Morgan fingerprint density at radius 2 is 1.68 bits per heavy atom. The third-order valence-corrected chi connectivity index (χ3v) is 7.04. The molecule has 1 fully saturated rings. The first-order valence-corrected chi connectivity index (χ1v) is 12.5. The van der Waals surface area contributed by atoms with Gasteiger partial charge in [-0.2, -0.15) is 5.10 Å². The summed E-state index contributed by atoms with van der Waals surface area (Å²) in [6.07, 6.45) is 3.28. The third-order valence-electron chi connectivity index (χ3n) is 7.04. The summed E-state index contributed by atoms with van der Waals surface area (Å²) in [5, 5.41) is 6.28. The number of carbonyl (C=O) groups is 2. The summed E-state index contributed by atoms with van der Waals surface area (Å²) in [6.45, 7) is 0.675. The van der Waals surface area contributed by atoms with Crippen LogP contribution in [-0.4, -0.2) is 75.6 Å². The minimum atomic E-state index is -0.330. The Balaban J connectivity index is 1.64. The van der Waals surface area contributed by atoms with E-state index in [0.717, 1.165) is 41.9 Å². The van der Waals surface area contributed by atoms with Crippen molar-refractivity contribution in [2.24, 2.45) is 11.0 Å². The molecule has 1 aliphatic carbocycles. The van der Waals surface area contributed by atoms with Gasteiger partial charge in [-0.1, -0.05) is 18.6 Å². The topological polar surface area (TPSA) is 89.9 Å². The van der Waals surface area contributed by atoms with E-state index in [1.807, 2.05) is 36.4 Å². The lowest BCUT2D eigenvalue weighted by molar-refractivity contribution is -0.146. The van der Waals surface area contributed by atoms with Crippen LogP contribution >= 0.6 is 0 Å². The molecule has 0 bridgehead atoms. The van der Waals surface area contributed by atoms with Crippen LogP contribution in [0.15, 0.2) is 47.6 Å². The van der Waals surface area contributed by atoms with Crippen LogP contribution in [0, 0.1) is 5.92 Å². The van der Waals surface area contributed by atoms with Gasteiger partial charge < -0.3 is 23.8 Å². The second kappa shape index (κ2) is 12.1. The van der Waals surface area contributed by atoms with Crippen LogP contribution in [-0.2, 0) is 14.3 Å². The van der Waals surface area contributed by atoms with Crippen molar-refractivity contribution in [3.05, 3.63) is 53.6 Å². The maximum Gasteiger partial charge on any atom is 0.262 e. The van der Waals surface area contributed by atoms with Crippen molar-refractivity contribution in [1.29, 1.82) is 0 Å². The number of nitrogens with zero attached hydrogens (tertiary/aromatic N) is 3. The van der Waals surface area contributed by atoms with Crippen LogP contribution in [0.2, 0.25) is 0 Å². The van der Waals surface area contributed by atoms with Gasteiger partial charge in [0.05, 0.1) is 39.7 Å². The molecule has 4 rings (SSSR count). The zero-order valence-corrected chi connectivity index (χ0v) is 21.9. The summed E-state index contributed by atoms with van der Waals surface area (Å²) in [5.41, 5.74) is 2.44. The van der Waals surface area contributed by atoms with Gasteiger partial charge in [0.15, 0.2) is 0 Å². The van der Waals surface area contributed by atoms with Gasteiger partial charge in [0.1, 0.15) is 23.8 Å². The lowest BCUT2D eigenvalue weighted by atomic mass is 9.84. The highest BCUT2D eigenvalue weighted by Crippen LogP contribution is 2.37. The quantitative estimate of drug-likeness (QED) is 0.459. The predicted octanol–water partition coefficient (Wildman–Crippen LogP) is 3.67. The molecule has 198 valence electrons. The van der Waals surface area contributed by atoms with E-state index < -0.39 is 0 Å². The SMILES string of the molecule is COCCN(CC(=O)N1N=C(c2ccc(OC)cc2OC)C[C@@H]1c1ccc(OC)cc1)C(=O)C1CCC1. The fraction of sp³-hybridized carbons (Fsp3) is 0.464. The standard InChI is InChI=1S/C28H35N3O6/c1-34-15-14-30(28(33)20-6-5-7-20)18-27(32)31-25(19-8-10-21(35-2)11-9-19)17-24(29-31)23-13-12-22(36-3)16-26(23)37-4/h8-13,16,20,25H,5-7,14-15,17-18H2,1-4H3/t25-/m1/s1. The molecule has 0 N–H and O–H groups in total. The molecule has 0 radical (unpaired) electrons. The van der Waals surface area contributed by atoms with Crippen LogP contribution < -0.4 is 14.2 Å². The predicted molar refractivity (Wildman–Crippen MR) is 139 cm³/mol. The number of methoxy groups -OCH3 is 4. The number of rotatable bonds is 11. The maximum absolute atomic E-state index is 13.7. The molecule has 9 heteroatoms. The van der Waals surface area contributed by atoms with Gasteiger partial charge in [0, 0.05) is 37.6 Å². The lowest BCUT2D eigenvalue weighted by Crippen LogP contribution is -2.46. The fourth-order valence-corrected chi connectivity index (χ4v) is 4.64. The molecule has 1 atom stereocenters. The Morgan fingerprint density at radius 3 is 2.27 bits per heavy atom. The molecule has 2 aromatic rings. The number of carbonyl (C=O) groups excluding carboxylic acids is 2. The van der Waals surface area contributed by atoms with Crippen LogP contribution in [0.5, 0.6) is 17.2 Å². The van der Waals surface area contributed by atoms with Crippen LogP contribution in [0.3, 0.4) is 0 Å². The fourth-order valence-electron chi connectivity index (χ4n) is 4.64. The molecule has 0 unspecified atom stereocenters. The number of hydrazone groups is 1. The van der Waals surface area contributed by atoms with E-state index >= 15 is 0 Å². The van der Waals surface area contributed by atoms with Crippen molar-refractivity contribution in [2.75, 3.05) is 48.1 Å². The molecule has 1 saturated carbocycles. The largest absolute Gasteiger partial charge is 0.497 e. The first kappa shape index (κ1) is 26.5. The maximum atomic E-state index is 13.7. The Bertz CT molecular complexity index is 1130.